The Hall–Kier alpha value is -1.69. The second-order valence-electron chi connectivity index (χ2n) is 3.84. The fourth-order valence-corrected chi connectivity index (χ4v) is 1.43. The van der Waals surface area contributed by atoms with Gasteiger partial charge in [-0.3, -0.25) is 4.79 Å². The van der Waals surface area contributed by atoms with E-state index >= 15 is 0 Å². The minimum absolute atomic E-state index is 0.147. The van der Waals surface area contributed by atoms with E-state index in [2.05, 4.69) is 10.2 Å². The Labute approximate surface area is 101 Å². The number of nitrogens with two attached hydrogens (primary N) is 1. The smallest absolute Gasteiger partial charge is 0.273 e. The Kier molecular flexibility index (Phi) is 4.84. The Bertz CT molecular complexity index is 363. The highest BCUT2D eigenvalue weighted by atomic mass is 16.2. The van der Waals surface area contributed by atoms with Gasteiger partial charge in [-0.05, 0) is 19.1 Å². The molecule has 0 saturated carbocycles. The first kappa shape index (κ1) is 13.4. The second kappa shape index (κ2) is 6.15. The average Bonchev–Trinajstić information content (AvgIpc) is 2.35. The number of hydrogen-bond donors (Lipinski definition) is 1. The van der Waals surface area contributed by atoms with Gasteiger partial charge in [-0.25, -0.2) is 0 Å². The van der Waals surface area contributed by atoms with E-state index in [1.807, 2.05) is 11.8 Å². The molecule has 1 amide bonds. The van der Waals surface area contributed by atoms with Crippen LogP contribution >= 0.6 is 0 Å². The van der Waals surface area contributed by atoms with E-state index < -0.39 is 0 Å². The maximum atomic E-state index is 11.6. The zero-order chi connectivity index (χ0) is 12.8. The molecule has 6 heteroatoms. The van der Waals surface area contributed by atoms with Crippen molar-refractivity contribution in [3.63, 3.8) is 0 Å². The van der Waals surface area contributed by atoms with Gasteiger partial charge in [0.15, 0.2) is 11.5 Å². The summed E-state index contributed by atoms with van der Waals surface area (Å²) in [6.45, 7) is 4.13. The summed E-state index contributed by atoms with van der Waals surface area (Å²) in [5.74, 6) is 0.596. The van der Waals surface area contributed by atoms with Crippen LogP contribution in [0.4, 0.5) is 5.82 Å². The molecule has 0 aliphatic heterocycles. The fraction of sp³-hybridized carbons (Fsp3) is 0.545. The first-order valence-corrected chi connectivity index (χ1v) is 5.60. The largest absolute Gasteiger partial charge is 0.354 e. The SMILES string of the molecule is CCN(CCN)c1ccc(C(=O)N(C)C)nn1. The minimum atomic E-state index is -0.147. The molecule has 0 saturated heterocycles. The van der Waals surface area contributed by atoms with Crippen molar-refractivity contribution in [2.24, 2.45) is 5.73 Å². The van der Waals surface area contributed by atoms with E-state index in [-0.39, 0.29) is 5.91 Å². The Morgan fingerprint density at radius 1 is 1.35 bits per heavy atom. The summed E-state index contributed by atoms with van der Waals surface area (Å²) in [6, 6.07) is 3.48. The van der Waals surface area contributed by atoms with Crippen molar-refractivity contribution in [2.75, 3.05) is 38.6 Å². The van der Waals surface area contributed by atoms with Gasteiger partial charge < -0.3 is 15.5 Å². The molecule has 6 nitrogen and oxygen atoms in total. The summed E-state index contributed by atoms with van der Waals surface area (Å²) >= 11 is 0. The molecule has 0 aliphatic rings. The van der Waals surface area contributed by atoms with Crippen molar-refractivity contribution < 1.29 is 4.79 Å². The molecule has 0 aliphatic carbocycles. The van der Waals surface area contributed by atoms with Crippen molar-refractivity contribution >= 4 is 11.7 Å². The number of likely N-dealkylation sites (N-methyl/N-ethyl adjacent to an activating group) is 1. The van der Waals surface area contributed by atoms with Crippen LogP contribution in [0.25, 0.3) is 0 Å². The molecule has 1 aromatic rings. The number of carbonyl (C=O) groups excluding carboxylic acids is 1. The topological polar surface area (TPSA) is 75.3 Å². The number of carbonyl (C=O) groups is 1. The molecular weight excluding hydrogens is 218 g/mol. The van der Waals surface area contributed by atoms with Gasteiger partial charge in [0.05, 0.1) is 0 Å². The van der Waals surface area contributed by atoms with E-state index in [4.69, 9.17) is 5.73 Å². The molecule has 0 fully saturated rings. The molecule has 0 spiro atoms. The molecule has 0 radical (unpaired) electrons. The Morgan fingerprint density at radius 2 is 2.06 bits per heavy atom. The van der Waals surface area contributed by atoms with Gasteiger partial charge in [0.25, 0.3) is 5.91 Å². The molecule has 0 bridgehead atoms. The second-order valence-corrected chi connectivity index (χ2v) is 3.84. The van der Waals surface area contributed by atoms with Crippen LogP contribution in [0.1, 0.15) is 17.4 Å². The van der Waals surface area contributed by atoms with Crippen molar-refractivity contribution in [1.29, 1.82) is 0 Å². The van der Waals surface area contributed by atoms with Gasteiger partial charge in [0, 0.05) is 33.7 Å². The van der Waals surface area contributed by atoms with Crippen LogP contribution in [0.15, 0.2) is 12.1 Å². The van der Waals surface area contributed by atoms with Gasteiger partial charge in [0.1, 0.15) is 0 Å². The molecular formula is C11H19N5O. The highest BCUT2D eigenvalue weighted by Gasteiger charge is 2.11. The highest BCUT2D eigenvalue weighted by Crippen LogP contribution is 2.09. The van der Waals surface area contributed by atoms with Gasteiger partial charge in [-0.2, -0.15) is 0 Å². The van der Waals surface area contributed by atoms with Crippen LogP contribution in [0.3, 0.4) is 0 Å². The van der Waals surface area contributed by atoms with E-state index in [1.165, 1.54) is 4.90 Å². The van der Waals surface area contributed by atoms with Crippen molar-refractivity contribution in [1.82, 2.24) is 15.1 Å². The number of rotatable bonds is 5. The van der Waals surface area contributed by atoms with Gasteiger partial charge in [-0.15, -0.1) is 10.2 Å². The van der Waals surface area contributed by atoms with E-state index in [1.54, 1.807) is 26.2 Å². The monoisotopic (exact) mass is 237 g/mol. The van der Waals surface area contributed by atoms with Crippen LogP contribution < -0.4 is 10.6 Å². The lowest BCUT2D eigenvalue weighted by Crippen LogP contribution is -2.30. The Morgan fingerprint density at radius 3 is 2.47 bits per heavy atom. The first-order valence-electron chi connectivity index (χ1n) is 5.60. The zero-order valence-electron chi connectivity index (χ0n) is 10.6. The van der Waals surface area contributed by atoms with Gasteiger partial charge in [0.2, 0.25) is 0 Å². The summed E-state index contributed by atoms with van der Waals surface area (Å²) in [4.78, 5) is 15.1. The summed E-state index contributed by atoms with van der Waals surface area (Å²) < 4.78 is 0. The molecule has 17 heavy (non-hydrogen) atoms. The fourth-order valence-electron chi connectivity index (χ4n) is 1.43. The predicted octanol–water partition coefficient (Wildman–Crippen LogP) is -0.0366. The molecule has 0 aromatic carbocycles. The van der Waals surface area contributed by atoms with Crippen LogP contribution in [-0.2, 0) is 0 Å². The molecule has 94 valence electrons. The summed E-state index contributed by atoms with van der Waals surface area (Å²) in [7, 11) is 3.37. The number of hydrogen-bond acceptors (Lipinski definition) is 5. The number of nitrogens with zero attached hydrogens (tertiary/aromatic N) is 4. The predicted molar refractivity (Wildman–Crippen MR) is 67.0 cm³/mol. The van der Waals surface area contributed by atoms with Gasteiger partial charge >= 0.3 is 0 Å². The third-order valence-corrected chi connectivity index (χ3v) is 2.38. The normalized spacial score (nSPS) is 10.1. The molecule has 0 unspecified atom stereocenters. The number of amides is 1. The quantitative estimate of drug-likeness (QED) is 0.778. The molecule has 1 aromatic heterocycles. The maximum absolute atomic E-state index is 11.6. The summed E-state index contributed by atoms with van der Waals surface area (Å²) in [5.41, 5.74) is 5.86. The van der Waals surface area contributed by atoms with E-state index in [9.17, 15) is 4.79 Å². The molecule has 1 rings (SSSR count). The minimum Gasteiger partial charge on any atom is -0.354 e. The molecule has 2 N–H and O–H groups in total. The van der Waals surface area contributed by atoms with Crippen LogP contribution in [0.5, 0.6) is 0 Å². The van der Waals surface area contributed by atoms with Crippen molar-refractivity contribution in [3.05, 3.63) is 17.8 Å². The lowest BCUT2D eigenvalue weighted by atomic mass is 10.3. The van der Waals surface area contributed by atoms with Gasteiger partial charge in [-0.1, -0.05) is 0 Å². The third-order valence-electron chi connectivity index (χ3n) is 2.38. The number of aromatic nitrogens is 2. The van der Waals surface area contributed by atoms with Crippen LogP contribution in [-0.4, -0.2) is 54.7 Å². The van der Waals surface area contributed by atoms with Crippen molar-refractivity contribution in [2.45, 2.75) is 6.92 Å². The summed E-state index contributed by atoms with van der Waals surface area (Å²) in [6.07, 6.45) is 0. The number of anilines is 1. The summed E-state index contributed by atoms with van der Waals surface area (Å²) in [5, 5.41) is 7.97. The van der Waals surface area contributed by atoms with Crippen LogP contribution in [0, 0.1) is 0 Å². The zero-order valence-corrected chi connectivity index (χ0v) is 10.6. The third kappa shape index (κ3) is 3.39. The highest BCUT2D eigenvalue weighted by molar-refractivity contribution is 5.91. The molecule has 1 heterocycles. The lowest BCUT2D eigenvalue weighted by Gasteiger charge is -2.20. The van der Waals surface area contributed by atoms with E-state index in [0.29, 0.717) is 12.2 Å². The maximum Gasteiger partial charge on any atom is 0.273 e. The average molecular weight is 237 g/mol. The van der Waals surface area contributed by atoms with Crippen molar-refractivity contribution in [3.8, 4) is 0 Å². The van der Waals surface area contributed by atoms with E-state index in [0.717, 1.165) is 18.9 Å². The van der Waals surface area contributed by atoms with Crippen LogP contribution in [0.2, 0.25) is 0 Å². The molecule has 0 atom stereocenters. The first-order chi connectivity index (χ1) is 8.10. The Balaban J connectivity index is 2.83. The lowest BCUT2D eigenvalue weighted by molar-refractivity contribution is 0.0821. The standard InChI is InChI=1S/C11H19N5O/c1-4-16(8-7-12)10-6-5-9(13-14-10)11(17)15(2)3/h5-6H,4,7-8,12H2,1-3H3.